The molecule has 3 aromatic heterocycles. The van der Waals surface area contributed by atoms with Crippen molar-refractivity contribution in [1.82, 2.24) is 19.7 Å². The number of thiazole rings is 1. The normalized spacial score (nSPS) is 11.0. The Hall–Kier alpha value is -3.02. The number of hydrogen-bond acceptors (Lipinski definition) is 9. The molecule has 0 saturated carbocycles. The van der Waals surface area contributed by atoms with E-state index in [1.54, 1.807) is 23.6 Å². The second-order valence-electron chi connectivity index (χ2n) is 7.77. The van der Waals surface area contributed by atoms with Crippen LogP contribution in [0.5, 0.6) is 0 Å². The molecule has 0 spiro atoms. The third kappa shape index (κ3) is 5.98. The van der Waals surface area contributed by atoms with Gasteiger partial charge in [0.25, 0.3) is 0 Å². The van der Waals surface area contributed by atoms with E-state index in [1.807, 2.05) is 11.6 Å². The molecule has 0 aliphatic rings. The molecule has 1 aromatic carbocycles. The van der Waals surface area contributed by atoms with Crippen molar-refractivity contribution >= 4 is 51.4 Å². The van der Waals surface area contributed by atoms with Crippen molar-refractivity contribution < 1.29 is 14.3 Å². The summed E-state index contributed by atoms with van der Waals surface area (Å²) < 4.78 is 6.84. The summed E-state index contributed by atoms with van der Waals surface area (Å²) in [5, 5.41) is 16.5. The quantitative estimate of drug-likeness (QED) is 0.238. The number of benzene rings is 1. The lowest BCUT2D eigenvalue weighted by atomic mass is 10.0. The number of nitrogens with one attached hydrogen (secondary N) is 1. The molecule has 8 nitrogen and oxygen atoms in total. The van der Waals surface area contributed by atoms with Gasteiger partial charge >= 0.3 is 5.97 Å². The van der Waals surface area contributed by atoms with Gasteiger partial charge in [-0.3, -0.25) is 9.59 Å². The molecule has 1 N–H and O–H groups in total. The molecule has 0 saturated heterocycles. The highest BCUT2D eigenvalue weighted by Crippen LogP contribution is 2.39. The summed E-state index contributed by atoms with van der Waals surface area (Å²) in [6.07, 6.45) is 0.0866. The van der Waals surface area contributed by atoms with Crippen LogP contribution in [0.2, 0.25) is 0 Å². The minimum atomic E-state index is -0.337. The van der Waals surface area contributed by atoms with Crippen molar-refractivity contribution in [2.75, 3.05) is 17.7 Å². The van der Waals surface area contributed by atoms with Crippen LogP contribution in [-0.2, 0) is 27.8 Å². The smallest absolute Gasteiger partial charge is 0.311 e. The third-order valence-electron chi connectivity index (χ3n) is 5.15. The van der Waals surface area contributed by atoms with Crippen LogP contribution in [0.4, 0.5) is 5.13 Å². The Morgan fingerprint density at radius 3 is 2.63 bits per heavy atom. The van der Waals surface area contributed by atoms with Crippen LogP contribution in [-0.4, -0.2) is 44.0 Å². The van der Waals surface area contributed by atoms with Crippen molar-refractivity contribution in [1.29, 1.82) is 0 Å². The van der Waals surface area contributed by atoms with Gasteiger partial charge in [0.2, 0.25) is 5.91 Å². The summed E-state index contributed by atoms with van der Waals surface area (Å²) in [5.41, 5.74) is 5.12. The Labute approximate surface area is 215 Å². The first-order valence-electron chi connectivity index (χ1n) is 10.9. The number of aromatic nitrogens is 4. The number of rotatable bonds is 9. The van der Waals surface area contributed by atoms with Crippen LogP contribution >= 0.6 is 34.4 Å². The summed E-state index contributed by atoms with van der Waals surface area (Å²) in [4.78, 5) is 29.6. The Kier molecular flexibility index (Phi) is 7.99. The summed E-state index contributed by atoms with van der Waals surface area (Å²) in [5.74, 6) is 0.377. The van der Waals surface area contributed by atoms with Gasteiger partial charge < -0.3 is 14.6 Å². The molecule has 0 fully saturated rings. The number of hydrogen-bond donors (Lipinski definition) is 1. The molecule has 0 atom stereocenters. The van der Waals surface area contributed by atoms with Crippen LogP contribution < -0.4 is 5.32 Å². The van der Waals surface area contributed by atoms with Gasteiger partial charge in [-0.1, -0.05) is 41.6 Å². The number of esters is 1. The molecule has 182 valence electrons. The van der Waals surface area contributed by atoms with E-state index in [2.05, 4.69) is 64.0 Å². The van der Waals surface area contributed by atoms with E-state index in [0.29, 0.717) is 22.6 Å². The Balaban J connectivity index is 1.41. The van der Waals surface area contributed by atoms with Crippen molar-refractivity contribution in [3.05, 3.63) is 51.2 Å². The van der Waals surface area contributed by atoms with Crippen LogP contribution in [0.3, 0.4) is 0 Å². The molecular formula is C24H25N5O3S3. The van der Waals surface area contributed by atoms with Gasteiger partial charge in [0.15, 0.2) is 16.1 Å². The number of carbonyl (C=O) groups excluding carboxylic acids is 2. The molecular weight excluding hydrogens is 502 g/mol. The summed E-state index contributed by atoms with van der Waals surface area (Å²) in [6.45, 7) is 6.26. The highest BCUT2D eigenvalue weighted by atomic mass is 32.2. The number of amides is 1. The first-order valence-corrected chi connectivity index (χ1v) is 13.7. The monoisotopic (exact) mass is 527 g/mol. The summed E-state index contributed by atoms with van der Waals surface area (Å²) >= 11 is 4.27. The highest BCUT2D eigenvalue weighted by Gasteiger charge is 2.19. The average Bonchev–Trinajstić information content (AvgIpc) is 3.52. The fraction of sp³-hybridized carbons (Fsp3) is 0.292. The zero-order chi connectivity index (χ0) is 24.9. The highest BCUT2D eigenvalue weighted by molar-refractivity contribution is 7.99. The molecule has 0 aliphatic carbocycles. The van der Waals surface area contributed by atoms with E-state index in [9.17, 15) is 9.59 Å². The standard InChI is InChI=1S/C24H25N5O3S3/c1-5-32-20(31)10-17-11-34-23(25-17)26-19(30)13-35-24-28-27-22(29(24)4)18-12-33-15(3)21(18)16-8-6-14(2)7-9-16/h6-9,11-12H,5,10,13H2,1-4H3,(H,25,26,30). The van der Waals surface area contributed by atoms with Gasteiger partial charge in [-0.05, 0) is 26.3 Å². The molecule has 0 aliphatic heterocycles. The van der Waals surface area contributed by atoms with Crippen molar-refractivity contribution in [2.24, 2.45) is 7.05 Å². The SMILES string of the molecule is CCOC(=O)Cc1csc(NC(=O)CSc2nnc(-c3csc(C)c3-c3ccc(C)cc3)n2C)n1. The van der Waals surface area contributed by atoms with Crippen molar-refractivity contribution in [2.45, 2.75) is 32.3 Å². The summed E-state index contributed by atoms with van der Waals surface area (Å²) in [7, 11) is 1.91. The van der Waals surface area contributed by atoms with E-state index >= 15 is 0 Å². The molecule has 35 heavy (non-hydrogen) atoms. The van der Waals surface area contributed by atoms with E-state index < -0.39 is 0 Å². The third-order valence-corrected chi connectivity index (χ3v) is 7.89. The van der Waals surface area contributed by atoms with Crippen LogP contribution in [0.1, 0.15) is 23.1 Å². The van der Waals surface area contributed by atoms with Crippen LogP contribution in [0.25, 0.3) is 22.5 Å². The molecule has 11 heteroatoms. The lowest BCUT2D eigenvalue weighted by molar-refractivity contribution is -0.142. The maximum Gasteiger partial charge on any atom is 0.311 e. The fourth-order valence-corrected chi connectivity index (χ4v) is 5.77. The average molecular weight is 528 g/mol. The van der Waals surface area contributed by atoms with E-state index in [1.165, 1.54) is 33.5 Å². The number of thiophene rings is 1. The predicted molar refractivity (Wildman–Crippen MR) is 141 cm³/mol. The lowest BCUT2D eigenvalue weighted by Gasteiger charge is -2.07. The second-order valence-corrected chi connectivity index (χ2v) is 10.7. The minimum absolute atomic E-state index is 0.0866. The number of anilines is 1. The predicted octanol–water partition coefficient (Wildman–Crippen LogP) is 5.12. The fourth-order valence-electron chi connectivity index (χ4n) is 3.46. The lowest BCUT2D eigenvalue weighted by Crippen LogP contribution is -2.14. The Morgan fingerprint density at radius 1 is 1.11 bits per heavy atom. The molecule has 4 rings (SSSR count). The number of nitrogens with zero attached hydrogens (tertiary/aromatic N) is 4. The zero-order valence-electron chi connectivity index (χ0n) is 19.8. The number of ether oxygens (including phenoxy) is 1. The maximum absolute atomic E-state index is 12.5. The van der Waals surface area contributed by atoms with Gasteiger partial charge in [-0.25, -0.2) is 4.98 Å². The van der Waals surface area contributed by atoms with Gasteiger partial charge in [-0.15, -0.1) is 32.9 Å². The second kappa shape index (κ2) is 11.1. The number of aryl methyl sites for hydroxylation is 2. The number of carbonyl (C=O) groups is 2. The van der Waals surface area contributed by atoms with E-state index in [-0.39, 0.29) is 24.1 Å². The Bertz CT molecular complexity index is 1340. The first kappa shape index (κ1) is 25.1. The first-order chi connectivity index (χ1) is 16.9. The van der Waals surface area contributed by atoms with E-state index in [4.69, 9.17) is 4.74 Å². The van der Waals surface area contributed by atoms with Crippen molar-refractivity contribution in [3.63, 3.8) is 0 Å². The molecule has 3 heterocycles. The van der Waals surface area contributed by atoms with E-state index in [0.717, 1.165) is 22.5 Å². The van der Waals surface area contributed by atoms with Crippen molar-refractivity contribution in [3.8, 4) is 22.5 Å². The molecule has 4 aromatic rings. The van der Waals surface area contributed by atoms with Gasteiger partial charge in [0.05, 0.1) is 24.5 Å². The van der Waals surface area contributed by atoms with Gasteiger partial charge in [0.1, 0.15) is 0 Å². The number of thioether (sulfide) groups is 1. The van der Waals surface area contributed by atoms with Gasteiger partial charge in [0, 0.05) is 33.8 Å². The summed E-state index contributed by atoms with van der Waals surface area (Å²) in [6, 6.07) is 8.46. The molecule has 0 bridgehead atoms. The molecule has 0 unspecified atom stereocenters. The largest absolute Gasteiger partial charge is 0.466 e. The minimum Gasteiger partial charge on any atom is -0.466 e. The molecule has 1 amide bonds. The van der Waals surface area contributed by atoms with Crippen LogP contribution in [0.15, 0.2) is 40.2 Å². The zero-order valence-corrected chi connectivity index (χ0v) is 22.3. The van der Waals surface area contributed by atoms with Gasteiger partial charge in [-0.2, -0.15) is 0 Å². The molecule has 0 radical (unpaired) electrons. The Morgan fingerprint density at radius 2 is 1.89 bits per heavy atom. The topological polar surface area (TPSA) is 99.0 Å². The van der Waals surface area contributed by atoms with Crippen LogP contribution in [0, 0.1) is 13.8 Å². The maximum atomic E-state index is 12.5.